The molecule has 1 radical (unpaired) electrons. The molecule has 1 rings (SSSR count). The largest absolute Gasteiger partial charge is 0.324 e. The van der Waals surface area contributed by atoms with Gasteiger partial charge in [-0.25, -0.2) is 0 Å². The van der Waals surface area contributed by atoms with Crippen LogP contribution in [-0.4, -0.2) is 30.7 Å². The molecule has 0 N–H and O–H groups in total. The molecule has 0 bridgehead atoms. The highest BCUT2D eigenvalue weighted by atomic mass is 15.3. The van der Waals surface area contributed by atoms with E-state index in [9.17, 15) is 0 Å². The average Bonchev–Trinajstić information content (AvgIpc) is 2.07. The minimum absolute atomic E-state index is 1.10. The number of nitrogens with zero attached hydrogens (tertiary/aromatic N) is 1. The van der Waals surface area contributed by atoms with E-state index in [1.807, 2.05) is 0 Å². The van der Waals surface area contributed by atoms with E-state index in [4.69, 9.17) is 0 Å². The second-order valence-electron chi connectivity index (χ2n) is 3.74. The molecule has 1 heterocycles. The Balaban J connectivity index is 2.42. The van der Waals surface area contributed by atoms with Crippen LogP contribution in [0, 0.1) is 6.92 Å². The number of hydrogen-bond acceptors (Lipinski definition) is 0. The summed E-state index contributed by atoms with van der Waals surface area (Å²) in [4.78, 5) is 0. The van der Waals surface area contributed by atoms with Crippen LogP contribution >= 0.6 is 0 Å². The Bertz CT molecular complexity index is 97.9. The Morgan fingerprint density at radius 2 is 1.82 bits per heavy atom. The number of piperidine rings is 1. The van der Waals surface area contributed by atoms with Crippen LogP contribution in [0.2, 0.25) is 0 Å². The second kappa shape index (κ2) is 4.10. The highest BCUT2D eigenvalue weighted by Gasteiger charge is 2.26. The highest BCUT2D eigenvalue weighted by molar-refractivity contribution is 4.54. The molecule has 0 unspecified atom stereocenters. The molecule has 0 amide bonds. The fraction of sp³-hybridized carbons (Fsp3) is 0.900. The molecule has 1 aliphatic rings. The fourth-order valence-electron chi connectivity index (χ4n) is 2.22. The third-order valence-electron chi connectivity index (χ3n) is 3.07. The molecule has 11 heavy (non-hydrogen) atoms. The zero-order valence-electron chi connectivity index (χ0n) is 7.81. The Morgan fingerprint density at radius 1 is 1.18 bits per heavy atom. The molecular formula is C10H21N+. The van der Waals surface area contributed by atoms with E-state index in [0.717, 1.165) is 6.42 Å². The molecule has 1 nitrogen and oxygen atoms in total. The fourth-order valence-corrected chi connectivity index (χ4v) is 2.22. The van der Waals surface area contributed by atoms with E-state index < -0.39 is 0 Å². The Labute approximate surface area is 71.0 Å². The Kier molecular flexibility index (Phi) is 3.38. The lowest BCUT2D eigenvalue weighted by atomic mass is 10.1. The summed E-state index contributed by atoms with van der Waals surface area (Å²) in [7, 11) is 0. The number of quaternary nitrogens is 1. The van der Waals surface area contributed by atoms with Crippen molar-refractivity contribution in [1.82, 2.24) is 0 Å². The van der Waals surface area contributed by atoms with E-state index in [2.05, 4.69) is 13.8 Å². The van der Waals surface area contributed by atoms with Crippen molar-refractivity contribution in [3.8, 4) is 0 Å². The van der Waals surface area contributed by atoms with Crippen LogP contribution in [0.5, 0.6) is 0 Å². The maximum absolute atomic E-state index is 3.96. The van der Waals surface area contributed by atoms with Crippen LogP contribution in [0.4, 0.5) is 0 Å². The first-order valence-electron chi connectivity index (χ1n) is 4.97. The standard InChI is InChI=1S/C10H21N/c1-3-8-11(4-2)9-6-5-7-10-11/h1,3-10H2,2H3/q+1. The van der Waals surface area contributed by atoms with Crippen LogP contribution in [0.15, 0.2) is 0 Å². The lowest BCUT2D eigenvalue weighted by Crippen LogP contribution is -2.51. The van der Waals surface area contributed by atoms with Crippen LogP contribution < -0.4 is 0 Å². The summed E-state index contributed by atoms with van der Waals surface area (Å²) in [5.41, 5.74) is 0. The van der Waals surface area contributed by atoms with Gasteiger partial charge in [-0.1, -0.05) is 0 Å². The van der Waals surface area contributed by atoms with Gasteiger partial charge in [-0.05, 0) is 39.5 Å². The summed E-state index contributed by atoms with van der Waals surface area (Å²) in [6.45, 7) is 11.7. The van der Waals surface area contributed by atoms with E-state index in [0.29, 0.717) is 0 Å². The summed E-state index contributed by atoms with van der Waals surface area (Å²) < 4.78 is 1.35. The van der Waals surface area contributed by atoms with Gasteiger partial charge in [0, 0.05) is 0 Å². The minimum atomic E-state index is 1.10. The third kappa shape index (κ3) is 2.19. The van der Waals surface area contributed by atoms with Gasteiger partial charge >= 0.3 is 0 Å². The summed E-state index contributed by atoms with van der Waals surface area (Å²) in [6, 6.07) is 0. The summed E-state index contributed by atoms with van der Waals surface area (Å²) in [6.07, 6.45) is 5.44. The lowest BCUT2D eigenvalue weighted by Gasteiger charge is -2.40. The van der Waals surface area contributed by atoms with Crippen molar-refractivity contribution in [2.75, 3.05) is 26.2 Å². The monoisotopic (exact) mass is 155 g/mol. The molecule has 0 aliphatic carbocycles. The predicted octanol–water partition coefficient (Wildman–Crippen LogP) is 2.23. The van der Waals surface area contributed by atoms with Gasteiger partial charge in [-0.15, -0.1) is 0 Å². The van der Waals surface area contributed by atoms with Crippen LogP contribution in [-0.2, 0) is 0 Å². The van der Waals surface area contributed by atoms with Crippen molar-refractivity contribution >= 4 is 0 Å². The first-order valence-corrected chi connectivity index (χ1v) is 4.97. The van der Waals surface area contributed by atoms with Gasteiger partial charge in [-0.3, -0.25) is 0 Å². The molecule has 0 aromatic rings. The molecule has 0 aromatic heterocycles. The van der Waals surface area contributed by atoms with E-state index in [1.165, 1.54) is 49.9 Å². The molecule has 0 aromatic carbocycles. The zero-order chi connectivity index (χ0) is 8.16. The van der Waals surface area contributed by atoms with Gasteiger partial charge in [0.1, 0.15) is 0 Å². The maximum Gasteiger partial charge on any atom is 0.0786 e. The summed E-state index contributed by atoms with van der Waals surface area (Å²) in [5.74, 6) is 0. The molecule has 0 saturated carbocycles. The average molecular weight is 155 g/mol. The number of rotatable bonds is 3. The number of likely N-dealkylation sites (tertiary alicyclic amines) is 1. The van der Waals surface area contributed by atoms with Crippen molar-refractivity contribution < 1.29 is 4.48 Å². The number of hydrogen-bond donors (Lipinski definition) is 0. The smallest absolute Gasteiger partial charge is 0.0786 e. The van der Waals surface area contributed by atoms with Crippen molar-refractivity contribution in [3.63, 3.8) is 0 Å². The van der Waals surface area contributed by atoms with Crippen molar-refractivity contribution in [1.29, 1.82) is 0 Å². The van der Waals surface area contributed by atoms with E-state index in [1.54, 1.807) is 0 Å². The van der Waals surface area contributed by atoms with Crippen LogP contribution in [0.1, 0.15) is 32.6 Å². The highest BCUT2D eigenvalue weighted by Crippen LogP contribution is 2.18. The van der Waals surface area contributed by atoms with Crippen molar-refractivity contribution in [2.24, 2.45) is 0 Å². The summed E-state index contributed by atoms with van der Waals surface area (Å²) >= 11 is 0. The first-order chi connectivity index (χ1) is 5.33. The van der Waals surface area contributed by atoms with Gasteiger partial charge < -0.3 is 4.48 Å². The van der Waals surface area contributed by atoms with Gasteiger partial charge in [0.25, 0.3) is 0 Å². The summed E-state index contributed by atoms with van der Waals surface area (Å²) in [5, 5.41) is 0. The van der Waals surface area contributed by atoms with Crippen LogP contribution in [0.3, 0.4) is 0 Å². The van der Waals surface area contributed by atoms with Crippen molar-refractivity contribution in [3.05, 3.63) is 6.92 Å². The van der Waals surface area contributed by atoms with Crippen LogP contribution in [0.25, 0.3) is 0 Å². The van der Waals surface area contributed by atoms with E-state index >= 15 is 0 Å². The Hall–Kier alpha value is -0.0400. The van der Waals surface area contributed by atoms with Gasteiger partial charge in [0.05, 0.1) is 26.2 Å². The molecule has 1 aliphatic heterocycles. The van der Waals surface area contributed by atoms with Gasteiger partial charge in [0.15, 0.2) is 0 Å². The molecule has 1 heteroatoms. The maximum atomic E-state index is 3.96. The van der Waals surface area contributed by atoms with Gasteiger partial charge in [-0.2, -0.15) is 0 Å². The second-order valence-corrected chi connectivity index (χ2v) is 3.74. The molecule has 65 valence electrons. The topological polar surface area (TPSA) is 0 Å². The molecule has 0 spiro atoms. The zero-order valence-corrected chi connectivity index (χ0v) is 7.81. The predicted molar refractivity (Wildman–Crippen MR) is 49.2 cm³/mol. The van der Waals surface area contributed by atoms with E-state index in [-0.39, 0.29) is 0 Å². The minimum Gasteiger partial charge on any atom is -0.324 e. The lowest BCUT2D eigenvalue weighted by molar-refractivity contribution is -0.930. The third-order valence-corrected chi connectivity index (χ3v) is 3.07. The first kappa shape index (κ1) is 9.05. The molecule has 1 fully saturated rings. The SMILES string of the molecule is [CH2]CC[N+]1(CC)CCCCC1. The quantitative estimate of drug-likeness (QED) is 0.548. The van der Waals surface area contributed by atoms with Gasteiger partial charge in [0.2, 0.25) is 0 Å². The molecular weight excluding hydrogens is 134 g/mol. The molecule has 0 atom stereocenters. The normalized spacial score (nSPS) is 23.5. The molecule has 1 saturated heterocycles. The van der Waals surface area contributed by atoms with Crippen molar-refractivity contribution in [2.45, 2.75) is 32.6 Å². The Morgan fingerprint density at radius 3 is 2.27 bits per heavy atom.